The molecule has 1 aliphatic heterocycles. The van der Waals surface area contributed by atoms with Crippen molar-refractivity contribution in [3.63, 3.8) is 0 Å². The summed E-state index contributed by atoms with van der Waals surface area (Å²) >= 11 is 1.42. The standard InChI is InChI=1S/C32H31F5N6O2S/c1-19(2)26-17-23(33)9-14-27(26)42-15-4-16-46-31(42)40-30(44)39-20(3)28(34)21-5-7-22(8-6-21)29-38-18-43(41-29)24-10-12-25(13-11-24)45-32(35,36)37/h5-14,17-20,28H,4,15-16H2,1-3H3,(H,39,44)/b40-31-. The number of nitrogens with zero attached hydrogens (tertiary/aromatic N) is 5. The second-order valence-electron chi connectivity index (χ2n) is 10.9. The van der Waals surface area contributed by atoms with Gasteiger partial charge in [-0.05, 0) is 72.9 Å². The zero-order chi connectivity index (χ0) is 33.0. The minimum atomic E-state index is -4.79. The number of ether oxygens (including phenoxy) is 1. The summed E-state index contributed by atoms with van der Waals surface area (Å²) in [7, 11) is 0. The number of urea groups is 1. The normalized spacial score (nSPS) is 16.0. The van der Waals surface area contributed by atoms with Crippen molar-refractivity contribution < 1.29 is 31.5 Å². The van der Waals surface area contributed by atoms with Crippen LogP contribution in [-0.4, -0.2) is 50.7 Å². The first kappa shape index (κ1) is 32.9. The molecular weight excluding hydrogens is 627 g/mol. The number of benzene rings is 3. The van der Waals surface area contributed by atoms with Crippen LogP contribution < -0.4 is 15.0 Å². The maximum atomic E-state index is 15.5. The van der Waals surface area contributed by atoms with Crippen LogP contribution in [0.25, 0.3) is 17.1 Å². The lowest BCUT2D eigenvalue weighted by molar-refractivity contribution is -0.274. The molecule has 1 fully saturated rings. The lowest BCUT2D eigenvalue weighted by atomic mass is 10.00. The van der Waals surface area contributed by atoms with Gasteiger partial charge >= 0.3 is 12.4 Å². The molecule has 0 spiro atoms. The van der Waals surface area contributed by atoms with E-state index in [1.165, 1.54) is 59.2 Å². The van der Waals surface area contributed by atoms with Crippen LogP contribution in [0.1, 0.15) is 50.4 Å². The van der Waals surface area contributed by atoms with Gasteiger partial charge in [-0.15, -0.1) is 18.3 Å². The van der Waals surface area contributed by atoms with Crippen LogP contribution >= 0.6 is 11.8 Å². The number of hydrogen-bond donors (Lipinski definition) is 1. The van der Waals surface area contributed by atoms with Crippen LogP contribution in [0.4, 0.5) is 32.4 Å². The molecule has 1 aliphatic rings. The van der Waals surface area contributed by atoms with Crippen LogP contribution in [0.2, 0.25) is 0 Å². The van der Waals surface area contributed by atoms with Crippen molar-refractivity contribution in [1.29, 1.82) is 0 Å². The Morgan fingerprint density at radius 3 is 2.43 bits per heavy atom. The highest BCUT2D eigenvalue weighted by atomic mass is 32.2. The number of thioether (sulfide) groups is 1. The van der Waals surface area contributed by atoms with E-state index in [-0.39, 0.29) is 17.5 Å². The van der Waals surface area contributed by atoms with E-state index < -0.39 is 24.6 Å². The molecule has 2 heterocycles. The average molecular weight is 659 g/mol. The van der Waals surface area contributed by atoms with Crippen LogP contribution in [0.3, 0.4) is 0 Å². The fraction of sp³-hybridized carbons (Fsp3) is 0.312. The van der Waals surface area contributed by atoms with Gasteiger partial charge in [0.05, 0.1) is 11.7 Å². The number of amides is 2. The molecule has 0 bridgehead atoms. The van der Waals surface area contributed by atoms with Gasteiger partial charge in [0, 0.05) is 23.5 Å². The number of carbonyl (C=O) groups is 1. The fourth-order valence-corrected chi connectivity index (χ4v) is 5.87. The molecule has 242 valence electrons. The van der Waals surface area contributed by atoms with Gasteiger partial charge in [0.25, 0.3) is 0 Å². The van der Waals surface area contributed by atoms with E-state index in [4.69, 9.17) is 0 Å². The third-order valence-electron chi connectivity index (χ3n) is 7.19. The summed E-state index contributed by atoms with van der Waals surface area (Å²) in [5, 5.41) is 7.46. The van der Waals surface area contributed by atoms with E-state index in [1.807, 2.05) is 18.7 Å². The Morgan fingerprint density at radius 1 is 1.04 bits per heavy atom. The highest BCUT2D eigenvalue weighted by Gasteiger charge is 2.31. The third-order valence-corrected chi connectivity index (χ3v) is 8.25. The molecule has 5 rings (SSSR count). The number of alkyl halides is 4. The number of nitrogens with one attached hydrogen (secondary N) is 1. The highest BCUT2D eigenvalue weighted by Crippen LogP contribution is 2.33. The van der Waals surface area contributed by atoms with Gasteiger partial charge in [-0.25, -0.2) is 23.2 Å². The minimum absolute atomic E-state index is 0.0559. The zero-order valence-electron chi connectivity index (χ0n) is 25.1. The molecule has 2 amide bonds. The van der Waals surface area contributed by atoms with Gasteiger partial charge < -0.3 is 15.0 Å². The average Bonchev–Trinajstić information content (AvgIpc) is 3.51. The number of aliphatic imine (C=N–C) groups is 1. The Labute approximate surface area is 266 Å². The number of hydrogen-bond acceptors (Lipinski definition) is 5. The molecule has 1 N–H and O–H groups in total. The maximum absolute atomic E-state index is 15.5. The second-order valence-corrected chi connectivity index (χ2v) is 12.0. The number of aromatic nitrogens is 3. The van der Waals surface area contributed by atoms with Crippen molar-refractivity contribution >= 4 is 28.6 Å². The largest absolute Gasteiger partial charge is 0.573 e. The Morgan fingerprint density at radius 2 is 1.76 bits per heavy atom. The first-order valence-electron chi connectivity index (χ1n) is 14.5. The molecule has 1 saturated heterocycles. The van der Waals surface area contributed by atoms with Gasteiger partial charge in [0.15, 0.2) is 11.0 Å². The molecule has 1 aromatic heterocycles. The molecule has 0 saturated carbocycles. The molecule has 4 aromatic rings. The smallest absolute Gasteiger partial charge is 0.406 e. The molecule has 14 heteroatoms. The van der Waals surface area contributed by atoms with Crippen molar-refractivity contribution in [2.45, 2.75) is 51.7 Å². The summed E-state index contributed by atoms with van der Waals surface area (Å²) < 4.78 is 72.0. The van der Waals surface area contributed by atoms with Gasteiger partial charge in [-0.1, -0.05) is 49.9 Å². The Kier molecular flexibility index (Phi) is 9.94. The van der Waals surface area contributed by atoms with E-state index >= 15 is 4.39 Å². The summed E-state index contributed by atoms with van der Waals surface area (Å²) in [4.78, 5) is 23.3. The summed E-state index contributed by atoms with van der Waals surface area (Å²) in [6.45, 7) is 6.11. The summed E-state index contributed by atoms with van der Waals surface area (Å²) in [5.41, 5.74) is 2.98. The SMILES string of the molecule is CC(C)c1cc(F)ccc1N1CCCS/C1=N\C(=O)NC(C)C(F)c1ccc(-c2ncn(-c3ccc(OC(F)(F)F)cc3)n2)cc1. The van der Waals surface area contributed by atoms with E-state index in [0.29, 0.717) is 34.4 Å². The van der Waals surface area contributed by atoms with Crippen molar-refractivity contribution in [2.24, 2.45) is 4.99 Å². The Balaban J connectivity index is 1.23. The topological polar surface area (TPSA) is 84.6 Å². The molecule has 0 aliphatic carbocycles. The quantitative estimate of drug-likeness (QED) is 0.192. The Hall–Kier alpha value is -4.46. The van der Waals surface area contributed by atoms with Crippen molar-refractivity contribution in [3.05, 3.63) is 90.0 Å². The lowest BCUT2D eigenvalue weighted by Crippen LogP contribution is -2.38. The predicted octanol–water partition coefficient (Wildman–Crippen LogP) is 8.20. The van der Waals surface area contributed by atoms with Crippen LogP contribution in [0.15, 0.2) is 78.0 Å². The minimum Gasteiger partial charge on any atom is -0.406 e. The zero-order valence-corrected chi connectivity index (χ0v) is 25.9. The molecule has 2 atom stereocenters. The summed E-state index contributed by atoms with van der Waals surface area (Å²) in [6, 6.07) is 14.6. The van der Waals surface area contributed by atoms with E-state index in [2.05, 4.69) is 25.1 Å². The van der Waals surface area contributed by atoms with Crippen molar-refractivity contribution in [3.8, 4) is 22.8 Å². The number of anilines is 1. The lowest BCUT2D eigenvalue weighted by Gasteiger charge is -2.32. The second kappa shape index (κ2) is 13.9. The molecule has 3 aromatic carbocycles. The molecule has 0 radical (unpaired) electrons. The first-order chi connectivity index (χ1) is 21.9. The van der Waals surface area contributed by atoms with Crippen molar-refractivity contribution in [2.75, 3.05) is 17.2 Å². The Bertz CT molecular complexity index is 1690. The van der Waals surface area contributed by atoms with Gasteiger partial charge in [-0.2, -0.15) is 4.99 Å². The predicted molar refractivity (Wildman–Crippen MR) is 168 cm³/mol. The molecular formula is C32H31F5N6O2S. The molecule has 46 heavy (non-hydrogen) atoms. The van der Waals surface area contributed by atoms with Gasteiger partial charge in [0.1, 0.15) is 24.1 Å². The van der Waals surface area contributed by atoms with Crippen molar-refractivity contribution in [1.82, 2.24) is 20.1 Å². The van der Waals surface area contributed by atoms with Crippen LogP contribution in [-0.2, 0) is 0 Å². The van der Waals surface area contributed by atoms with Crippen LogP contribution in [0, 0.1) is 5.82 Å². The molecule has 2 unspecified atom stereocenters. The van der Waals surface area contributed by atoms with E-state index in [9.17, 15) is 22.4 Å². The summed E-state index contributed by atoms with van der Waals surface area (Å²) in [6.07, 6.45) is -4.06. The number of carbonyl (C=O) groups excluding carboxylic acids is 1. The first-order valence-corrected chi connectivity index (χ1v) is 15.5. The van der Waals surface area contributed by atoms with Crippen LogP contribution in [0.5, 0.6) is 5.75 Å². The van der Waals surface area contributed by atoms with E-state index in [0.717, 1.165) is 23.4 Å². The monoisotopic (exact) mass is 658 g/mol. The molecule has 8 nitrogen and oxygen atoms in total. The van der Waals surface area contributed by atoms with Gasteiger partial charge in [-0.3, -0.25) is 0 Å². The third kappa shape index (κ3) is 8.03. The van der Waals surface area contributed by atoms with E-state index in [1.54, 1.807) is 37.3 Å². The van der Waals surface area contributed by atoms with Gasteiger partial charge in [0.2, 0.25) is 0 Å². The number of amidine groups is 1. The highest BCUT2D eigenvalue weighted by molar-refractivity contribution is 8.14. The number of halogens is 5. The number of rotatable bonds is 8. The fourth-order valence-electron chi connectivity index (χ4n) is 4.92. The maximum Gasteiger partial charge on any atom is 0.573 e. The summed E-state index contributed by atoms with van der Waals surface area (Å²) in [5.74, 6) is 0.463.